The zero-order valence-electron chi connectivity index (χ0n) is 12.5. The molecule has 1 fully saturated rings. The van der Waals surface area contributed by atoms with Crippen molar-refractivity contribution in [2.45, 2.75) is 24.8 Å². The summed E-state index contributed by atoms with van der Waals surface area (Å²) >= 11 is 3.34. The van der Waals surface area contributed by atoms with Crippen LogP contribution in [0.2, 0.25) is 0 Å². The van der Waals surface area contributed by atoms with Crippen molar-refractivity contribution in [1.82, 2.24) is 14.2 Å². The number of rotatable bonds is 4. The number of pyridine rings is 1. The monoisotopic (exact) mass is 376 g/mol. The third kappa shape index (κ3) is 3.39. The van der Waals surface area contributed by atoms with E-state index in [1.165, 1.54) is 10.5 Å². The zero-order chi connectivity index (χ0) is 15.6. The van der Waals surface area contributed by atoms with E-state index >= 15 is 0 Å². The molecule has 1 aromatic heterocycles. The number of sulfonamides is 1. The molecule has 21 heavy (non-hydrogen) atoms. The van der Waals surface area contributed by atoms with E-state index in [0.717, 1.165) is 13.1 Å². The maximum absolute atomic E-state index is 12.8. The summed E-state index contributed by atoms with van der Waals surface area (Å²) in [7, 11) is -1.82. The second kappa shape index (κ2) is 6.60. The van der Waals surface area contributed by atoms with Crippen molar-refractivity contribution in [3.05, 3.63) is 16.9 Å². The number of hydrogen-bond donors (Lipinski definition) is 1. The normalized spacial score (nSPS) is 18.1. The first-order valence-electron chi connectivity index (χ1n) is 6.93. The highest BCUT2D eigenvalue weighted by Gasteiger charge is 2.31. The lowest BCUT2D eigenvalue weighted by molar-refractivity contribution is 0.154. The Labute approximate surface area is 134 Å². The third-order valence-electron chi connectivity index (χ3n) is 3.74. The molecule has 8 heteroatoms. The molecule has 0 radical (unpaired) electrons. The summed E-state index contributed by atoms with van der Waals surface area (Å²) in [4.78, 5) is 6.50. The minimum atomic E-state index is -3.52. The van der Waals surface area contributed by atoms with Crippen molar-refractivity contribution in [1.29, 1.82) is 0 Å². The molecule has 0 bridgehead atoms. The van der Waals surface area contributed by atoms with Gasteiger partial charge in [-0.3, -0.25) is 9.88 Å². The van der Waals surface area contributed by atoms with Gasteiger partial charge in [-0.25, -0.2) is 8.42 Å². The van der Waals surface area contributed by atoms with E-state index in [1.54, 1.807) is 13.2 Å². The topological polar surface area (TPSA) is 65.5 Å². The Morgan fingerprint density at radius 3 is 2.38 bits per heavy atom. The fourth-order valence-electron chi connectivity index (χ4n) is 2.45. The van der Waals surface area contributed by atoms with Gasteiger partial charge in [0.25, 0.3) is 0 Å². The van der Waals surface area contributed by atoms with Gasteiger partial charge in [0, 0.05) is 51.7 Å². The first kappa shape index (κ1) is 16.7. The van der Waals surface area contributed by atoms with E-state index in [1.807, 2.05) is 0 Å². The van der Waals surface area contributed by atoms with E-state index in [2.05, 4.69) is 45.0 Å². The smallest absolute Gasteiger partial charge is 0.246 e. The molecule has 1 saturated heterocycles. The third-order valence-corrected chi connectivity index (χ3v) is 6.25. The Morgan fingerprint density at radius 1 is 1.24 bits per heavy atom. The fraction of sp³-hybridized carbons (Fsp3) is 0.615. The van der Waals surface area contributed by atoms with E-state index in [-0.39, 0.29) is 4.90 Å². The first-order chi connectivity index (χ1) is 9.87. The highest BCUT2D eigenvalue weighted by atomic mass is 79.9. The summed E-state index contributed by atoms with van der Waals surface area (Å²) in [5, 5.41) is 2.93. The molecule has 0 spiro atoms. The molecule has 0 unspecified atom stereocenters. The molecule has 118 valence electrons. The summed E-state index contributed by atoms with van der Waals surface area (Å²) in [6.07, 6.45) is 2.99. The molecule has 2 heterocycles. The quantitative estimate of drug-likeness (QED) is 0.864. The second-order valence-electron chi connectivity index (χ2n) is 5.28. The second-order valence-corrected chi connectivity index (χ2v) is 8.04. The molecular weight excluding hydrogens is 356 g/mol. The molecule has 0 aromatic carbocycles. The lowest BCUT2D eigenvalue weighted by atomic mass is 10.3. The van der Waals surface area contributed by atoms with E-state index in [4.69, 9.17) is 0 Å². The van der Waals surface area contributed by atoms with Gasteiger partial charge in [-0.1, -0.05) is 0 Å². The first-order valence-corrected chi connectivity index (χ1v) is 9.16. The van der Waals surface area contributed by atoms with Gasteiger partial charge >= 0.3 is 0 Å². The minimum absolute atomic E-state index is 0.220. The maximum Gasteiger partial charge on any atom is 0.246 e. The maximum atomic E-state index is 12.8. The molecule has 1 aliphatic rings. The number of nitrogens with zero attached hydrogens (tertiary/aromatic N) is 3. The zero-order valence-corrected chi connectivity index (χ0v) is 14.9. The van der Waals surface area contributed by atoms with Crippen molar-refractivity contribution >= 4 is 31.6 Å². The predicted octanol–water partition coefficient (Wildman–Crippen LogP) is 1.60. The van der Waals surface area contributed by atoms with Gasteiger partial charge in [-0.05, 0) is 29.8 Å². The number of halogens is 1. The van der Waals surface area contributed by atoms with E-state index < -0.39 is 10.0 Å². The Balaban J connectivity index is 2.26. The molecule has 1 N–H and O–H groups in total. The van der Waals surface area contributed by atoms with Gasteiger partial charge in [0.05, 0.1) is 10.2 Å². The number of hydrogen-bond acceptors (Lipinski definition) is 5. The van der Waals surface area contributed by atoms with Crippen LogP contribution in [-0.4, -0.2) is 61.9 Å². The summed E-state index contributed by atoms with van der Waals surface area (Å²) in [6.45, 7) is 6.79. The summed E-state index contributed by atoms with van der Waals surface area (Å²) in [6, 6.07) is 0.440. The van der Waals surface area contributed by atoms with Crippen LogP contribution in [0.4, 0.5) is 5.69 Å². The highest BCUT2D eigenvalue weighted by Crippen LogP contribution is 2.30. The lowest BCUT2D eigenvalue weighted by Crippen LogP contribution is -2.50. The Kier molecular flexibility index (Phi) is 5.24. The highest BCUT2D eigenvalue weighted by molar-refractivity contribution is 9.10. The van der Waals surface area contributed by atoms with Gasteiger partial charge in [0.1, 0.15) is 4.90 Å². The number of nitrogens with one attached hydrogen (secondary N) is 1. The SMILES string of the molecule is CNc1c(Br)cncc1S(=O)(=O)N1CCN(C(C)C)CC1. The van der Waals surface area contributed by atoms with Crippen LogP contribution in [0.1, 0.15) is 13.8 Å². The van der Waals surface area contributed by atoms with Gasteiger partial charge in [0.2, 0.25) is 10.0 Å². The van der Waals surface area contributed by atoms with Crippen LogP contribution in [0, 0.1) is 0 Å². The molecule has 1 aromatic rings. The molecule has 0 aliphatic carbocycles. The van der Waals surface area contributed by atoms with Crippen LogP contribution in [0.5, 0.6) is 0 Å². The van der Waals surface area contributed by atoms with Crippen LogP contribution in [0.25, 0.3) is 0 Å². The van der Waals surface area contributed by atoms with E-state index in [9.17, 15) is 8.42 Å². The number of piperazine rings is 1. The molecule has 0 saturated carbocycles. The van der Waals surface area contributed by atoms with Crippen molar-refractivity contribution < 1.29 is 8.42 Å². The van der Waals surface area contributed by atoms with Crippen LogP contribution in [0.3, 0.4) is 0 Å². The molecule has 2 rings (SSSR count). The average molecular weight is 377 g/mol. The minimum Gasteiger partial charge on any atom is -0.386 e. The van der Waals surface area contributed by atoms with Gasteiger partial charge in [-0.15, -0.1) is 0 Å². The summed E-state index contributed by atoms with van der Waals surface area (Å²) < 4.78 is 27.8. The molecule has 0 amide bonds. The van der Waals surface area contributed by atoms with Crippen LogP contribution in [-0.2, 0) is 10.0 Å². The largest absolute Gasteiger partial charge is 0.386 e. The van der Waals surface area contributed by atoms with Crippen LogP contribution in [0.15, 0.2) is 21.8 Å². The van der Waals surface area contributed by atoms with Crippen molar-refractivity contribution in [3.8, 4) is 0 Å². The van der Waals surface area contributed by atoms with Crippen molar-refractivity contribution in [3.63, 3.8) is 0 Å². The lowest BCUT2D eigenvalue weighted by Gasteiger charge is -2.36. The van der Waals surface area contributed by atoms with Gasteiger partial charge in [-0.2, -0.15) is 4.31 Å². The number of anilines is 1. The molecular formula is C13H21BrN4O2S. The van der Waals surface area contributed by atoms with E-state index in [0.29, 0.717) is 29.3 Å². The van der Waals surface area contributed by atoms with Crippen molar-refractivity contribution in [2.75, 3.05) is 38.5 Å². The summed E-state index contributed by atoms with van der Waals surface area (Å²) in [5.41, 5.74) is 0.552. The molecule has 1 aliphatic heterocycles. The van der Waals surface area contributed by atoms with Crippen LogP contribution < -0.4 is 5.32 Å². The standard InChI is InChI=1S/C13H21BrN4O2S/c1-10(2)17-4-6-18(7-5-17)21(19,20)12-9-16-8-11(14)13(12)15-3/h8-10H,4-7H2,1-3H3,(H,15,16). The van der Waals surface area contributed by atoms with Crippen molar-refractivity contribution in [2.24, 2.45) is 0 Å². The van der Waals surface area contributed by atoms with Gasteiger partial charge in [0.15, 0.2) is 0 Å². The van der Waals surface area contributed by atoms with Crippen LogP contribution >= 0.6 is 15.9 Å². The Hall–Kier alpha value is -0.700. The van der Waals surface area contributed by atoms with Gasteiger partial charge < -0.3 is 5.32 Å². The fourth-order valence-corrected chi connectivity index (χ4v) is 4.70. The predicted molar refractivity (Wildman–Crippen MR) is 87.0 cm³/mol. The Bertz CT molecular complexity index is 598. The molecule has 0 atom stereocenters. The Morgan fingerprint density at radius 2 is 1.86 bits per heavy atom. The summed E-state index contributed by atoms with van der Waals surface area (Å²) in [5.74, 6) is 0. The number of aromatic nitrogens is 1. The molecule has 6 nitrogen and oxygen atoms in total. The average Bonchev–Trinajstić information content (AvgIpc) is 2.47.